The highest BCUT2D eigenvalue weighted by atomic mass is 16.5. The molecule has 18 heavy (non-hydrogen) atoms. The number of rotatable bonds is 3. The van der Waals surface area contributed by atoms with Crippen molar-refractivity contribution in [2.75, 3.05) is 37.4 Å². The van der Waals surface area contributed by atoms with Gasteiger partial charge in [0, 0.05) is 25.7 Å². The van der Waals surface area contributed by atoms with Gasteiger partial charge < -0.3 is 25.8 Å². The summed E-state index contributed by atoms with van der Waals surface area (Å²) >= 11 is 0. The number of nitrogens with two attached hydrogens (primary N) is 1. The molecular formula is C12H20N4O2. The second-order valence-corrected chi connectivity index (χ2v) is 4.53. The molecule has 1 aromatic heterocycles. The van der Waals surface area contributed by atoms with E-state index < -0.39 is 0 Å². The maximum absolute atomic E-state index is 9.66. The second kappa shape index (κ2) is 5.41. The van der Waals surface area contributed by atoms with E-state index in [9.17, 15) is 5.11 Å². The number of nitrogen functional groups attached to an aromatic ring is 1. The number of piperazine rings is 1. The molecule has 100 valence electrons. The summed E-state index contributed by atoms with van der Waals surface area (Å²) in [6, 6.07) is 1.77. The molecule has 2 atom stereocenters. The summed E-state index contributed by atoms with van der Waals surface area (Å²) in [5.41, 5.74) is 6.56. The summed E-state index contributed by atoms with van der Waals surface area (Å²) in [5, 5.41) is 12.9. The van der Waals surface area contributed by atoms with Gasteiger partial charge in [-0.1, -0.05) is 0 Å². The first-order chi connectivity index (χ1) is 8.61. The molecule has 1 aromatic rings. The number of aliphatic hydroxyl groups is 1. The SMILES string of the molecule is COc1cc(N)ncc1N1CCN[C@@H](C(C)O)C1. The lowest BCUT2D eigenvalue weighted by Gasteiger charge is -2.36. The fraction of sp³-hybridized carbons (Fsp3) is 0.583. The zero-order chi connectivity index (χ0) is 13.1. The van der Waals surface area contributed by atoms with Crippen molar-refractivity contribution in [3.8, 4) is 5.75 Å². The topological polar surface area (TPSA) is 83.6 Å². The fourth-order valence-corrected chi connectivity index (χ4v) is 2.17. The highest BCUT2D eigenvalue weighted by molar-refractivity contribution is 5.60. The zero-order valence-corrected chi connectivity index (χ0v) is 10.8. The van der Waals surface area contributed by atoms with Gasteiger partial charge in [-0.25, -0.2) is 4.98 Å². The maximum Gasteiger partial charge on any atom is 0.147 e. The molecule has 0 amide bonds. The molecule has 0 bridgehead atoms. The molecule has 0 saturated carbocycles. The van der Waals surface area contributed by atoms with Crippen molar-refractivity contribution >= 4 is 11.5 Å². The number of aliphatic hydroxyl groups excluding tert-OH is 1. The van der Waals surface area contributed by atoms with Gasteiger partial charge in [-0.2, -0.15) is 0 Å². The van der Waals surface area contributed by atoms with E-state index in [0.717, 1.165) is 25.3 Å². The van der Waals surface area contributed by atoms with Gasteiger partial charge in [0.1, 0.15) is 11.6 Å². The average molecular weight is 252 g/mol. The van der Waals surface area contributed by atoms with Gasteiger partial charge in [0.15, 0.2) is 0 Å². The average Bonchev–Trinajstić information content (AvgIpc) is 2.38. The predicted molar refractivity (Wildman–Crippen MR) is 70.9 cm³/mol. The van der Waals surface area contributed by atoms with Crippen LogP contribution in [0.5, 0.6) is 5.75 Å². The minimum absolute atomic E-state index is 0.0565. The lowest BCUT2D eigenvalue weighted by atomic mass is 10.1. The van der Waals surface area contributed by atoms with Crippen molar-refractivity contribution in [1.82, 2.24) is 10.3 Å². The molecule has 2 rings (SSSR count). The minimum Gasteiger partial charge on any atom is -0.494 e. The van der Waals surface area contributed by atoms with Crippen LogP contribution in [0.2, 0.25) is 0 Å². The van der Waals surface area contributed by atoms with Crippen LogP contribution in [0.4, 0.5) is 11.5 Å². The van der Waals surface area contributed by atoms with Crippen LogP contribution in [0.3, 0.4) is 0 Å². The van der Waals surface area contributed by atoms with E-state index in [1.807, 2.05) is 0 Å². The van der Waals surface area contributed by atoms with E-state index >= 15 is 0 Å². The van der Waals surface area contributed by atoms with Crippen molar-refractivity contribution in [3.05, 3.63) is 12.3 Å². The van der Waals surface area contributed by atoms with E-state index in [-0.39, 0.29) is 12.1 Å². The van der Waals surface area contributed by atoms with Crippen LogP contribution in [-0.2, 0) is 0 Å². The Morgan fingerprint density at radius 2 is 2.44 bits per heavy atom. The third kappa shape index (κ3) is 2.65. The molecule has 6 heteroatoms. The monoisotopic (exact) mass is 252 g/mol. The molecule has 1 aliphatic rings. The number of ether oxygens (including phenoxy) is 1. The summed E-state index contributed by atoms with van der Waals surface area (Å²) in [7, 11) is 1.62. The van der Waals surface area contributed by atoms with E-state index in [1.165, 1.54) is 0 Å². The summed E-state index contributed by atoms with van der Waals surface area (Å²) in [6.07, 6.45) is 1.33. The Labute approximate surface area is 107 Å². The quantitative estimate of drug-likeness (QED) is 0.693. The number of aromatic nitrogens is 1. The third-order valence-corrected chi connectivity index (χ3v) is 3.22. The predicted octanol–water partition coefficient (Wildman–Crippen LogP) is -0.169. The Balaban J connectivity index is 2.20. The largest absolute Gasteiger partial charge is 0.494 e. The Hall–Kier alpha value is -1.53. The lowest BCUT2D eigenvalue weighted by Crippen LogP contribution is -2.55. The molecule has 1 unspecified atom stereocenters. The van der Waals surface area contributed by atoms with Crippen molar-refractivity contribution in [2.45, 2.75) is 19.1 Å². The molecule has 2 heterocycles. The first-order valence-corrected chi connectivity index (χ1v) is 6.07. The standard InChI is InChI=1S/C12H20N4O2/c1-8(17)9-7-16(4-3-14-9)10-6-15-12(13)5-11(10)18-2/h5-6,8-9,14,17H,3-4,7H2,1-2H3,(H2,13,15)/t8?,9-/m1/s1. The fourth-order valence-electron chi connectivity index (χ4n) is 2.17. The summed E-state index contributed by atoms with van der Waals surface area (Å²) in [4.78, 5) is 6.26. The number of nitrogens with one attached hydrogen (secondary N) is 1. The van der Waals surface area contributed by atoms with Crippen molar-refractivity contribution in [1.29, 1.82) is 0 Å². The summed E-state index contributed by atoms with van der Waals surface area (Å²) < 4.78 is 5.33. The van der Waals surface area contributed by atoms with Crippen LogP contribution in [0.15, 0.2) is 12.3 Å². The highest BCUT2D eigenvalue weighted by Crippen LogP contribution is 2.29. The molecule has 0 radical (unpaired) electrons. The first kappa shape index (κ1) is 12.9. The van der Waals surface area contributed by atoms with E-state index in [4.69, 9.17) is 10.5 Å². The number of pyridine rings is 1. The van der Waals surface area contributed by atoms with E-state index in [1.54, 1.807) is 26.3 Å². The number of nitrogens with zero attached hydrogens (tertiary/aromatic N) is 2. The first-order valence-electron chi connectivity index (χ1n) is 6.07. The molecule has 4 N–H and O–H groups in total. The number of hydrogen-bond acceptors (Lipinski definition) is 6. The molecule has 1 aliphatic heterocycles. The second-order valence-electron chi connectivity index (χ2n) is 4.53. The molecule has 1 fully saturated rings. The van der Waals surface area contributed by atoms with Crippen LogP contribution in [0.1, 0.15) is 6.92 Å². The van der Waals surface area contributed by atoms with Crippen LogP contribution >= 0.6 is 0 Å². The Morgan fingerprint density at radius 3 is 3.11 bits per heavy atom. The van der Waals surface area contributed by atoms with Gasteiger partial charge in [-0.15, -0.1) is 0 Å². The van der Waals surface area contributed by atoms with Gasteiger partial charge >= 0.3 is 0 Å². The molecule has 6 nitrogen and oxygen atoms in total. The number of methoxy groups -OCH3 is 1. The smallest absolute Gasteiger partial charge is 0.147 e. The van der Waals surface area contributed by atoms with Gasteiger partial charge in [-0.05, 0) is 6.92 Å². The summed E-state index contributed by atoms with van der Waals surface area (Å²) in [6.45, 7) is 4.19. The molecule has 0 aliphatic carbocycles. The van der Waals surface area contributed by atoms with Crippen LogP contribution in [0.25, 0.3) is 0 Å². The Kier molecular flexibility index (Phi) is 3.88. The van der Waals surface area contributed by atoms with Crippen molar-refractivity contribution < 1.29 is 9.84 Å². The normalized spacial score (nSPS) is 21.7. The molecule has 0 spiro atoms. The summed E-state index contributed by atoms with van der Waals surface area (Å²) in [5.74, 6) is 1.16. The van der Waals surface area contributed by atoms with Gasteiger partial charge in [0.05, 0.1) is 31.1 Å². The van der Waals surface area contributed by atoms with Crippen molar-refractivity contribution in [3.63, 3.8) is 0 Å². The van der Waals surface area contributed by atoms with Gasteiger partial charge in [-0.3, -0.25) is 0 Å². The van der Waals surface area contributed by atoms with Crippen LogP contribution in [-0.4, -0.2) is 49.0 Å². The van der Waals surface area contributed by atoms with Crippen LogP contribution < -0.4 is 20.7 Å². The number of hydrogen-bond donors (Lipinski definition) is 3. The minimum atomic E-state index is -0.388. The van der Waals surface area contributed by atoms with E-state index in [2.05, 4.69) is 15.2 Å². The van der Waals surface area contributed by atoms with E-state index in [0.29, 0.717) is 11.6 Å². The Morgan fingerprint density at radius 1 is 1.67 bits per heavy atom. The molecule has 1 saturated heterocycles. The van der Waals surface area contributed by atoms with Crippen LogP contribution in [0, 0.1) is 0 Å². The molecule has 0 aromatic carbocycles. The van der Waals surface area contributed by atoms with Gasteiger partial charge in [0.25, 0.3) is 0 Å². The molecular weight excluding hydrogens is 232 g/mol. The highest BCUT2D eigenvalue weighted by Gasteiger charge is 2.24. The Bertz CT molecular complexity index is 411. The van der Waals surface area contributed by atoms with Crippen molar-refractivity contribution in [2.24, 2.45) is 0 Å². The zero-order valence-electron chi connectivity index (χ0n) is 10.8. The van der Waals surface area contributed by atoms with Gasteiger partial charge in [0.2, 0.25) is 0 Å². The maximum atomic E-state index is 9.66. The lowest BCUT2D eigenvalue weighted by molar-refractivity contribution is 0.141. The number of anilines is 2. The third-order valence-electron chi connectivity index (χ3n) is 3.22.